The molecule has 0 heterocycles. The predicted octanol–water partition coefficient (Wildman–Crippen LogP) is 6.51. The van der Waals surface area contributed by atoms with E-state index in [4.69, 9.17) is 32.7 Å². The number of nitriles is 1. The van der Waals surface area contributed by atoms with Crippen molar-refractivity contribution in [3.05, 3.63) is 57.6 Å². The van der Waals surface area contributed by atoms with Gasteiger partial charge in [0, 0.05) is 10.7 Å². The summed E-state index contributed by atoms with van der Waals surface area (Å²) >= 11 is 12.2. The van der Waals surface area contributed by atoms with Crippen molar-refractivity contribution in [2.45, 2.75) is 32.6 Å². The summed E-state index contributed by atoms with van der Waals surface area (Å²) in [5.74, 6) is 0.364. The van der Waals surface area contributed by atoms with E-state index < -0.39 is 5.91 Å². The first kappa shape index (κ1) is 23.6. The predicted molar refractivity (Wildman–Crippen MR) is 121 cm³/mol. The minimum absolute atomic E-state index is 0.0729. The third-order valence-electron chi connectivity index (χ3n) is 4.27. The van der Waals surface area contributed by atoms with Gasteiger partial charge in [-0.3, -0.25) is 4.79 Å². The fourth-order valence-corrected chi connectivity index (χ4v) is 3.11. The number of unbranched alkanes of at least 4 members (excludes halogenated alkanes) is 3. The molecule has 2 aromatic rings. The van der Waals surface area contributed by atoms with Crippen LogP contribution < -0.4 is 14.8 Å². The molecule has 0 saturated heterocycles. The zero-order valence-corrected chi connectivity index (χ0v) is 18.5. The molecule has 1 N–H and O–H groups in total. The van der Waals surface area contributed by atoms with Crippen LogP contribution in [0.15, 0.2) is 42.0 Å². The lowest BCUT2D eigenvalue weighted by Gasteiger charge is -2.13. The first-order chi connectivity index (χ1) is 14.5. The van der Waals surface area contributed by atoms with E-state index in [2.05, 4.69) is 12.2 Å². The number of rotatable bonds is 10. The van der Waals surface area contributed by atoms with Gasteiger partial charge in [-0.25, -0.2) is 0 Å². The Bertz CT molecular complexity index is 935. The SMILES string of the molecule is CCCCCCOc1c(Cl)cc(/C=C(/C#N)C(=O)Nc2ccc(Cl)cc2)cc1OC. The van der Waals surface area contributed by atoms with Crippen LogP contribution in [0.4, 0.5) is 5.69 Å². The summed E-state index contributed by atoms with van der Waals surface area (Å²) in [7, 11) is 1.52. The monoisotopic (exact) mass is 446 g/mol. The van der Waals surface area contributed by atoms with E-state index in [-0.39, 0.29) is 5.57 Å². The van der Waals surface area contributed by atoms with Gasteiger partial charge in [-0.1, -0.05) is 49.4 Å². The number of amides is 1. The molecule has 0 fully saturated rings. The number of carbonyl (C=O) groups excluding carboxylic acids is 1. The van der Waals surface area contributed by atoms with Crippen molar-refractivity contribution >= 4 is 40.9 Å². The van der Waals surface area contributed by atoms with Gasteiger partial charge >= 0.3 is 0 Å². The molecule has 0 aliphatic rings. The first-order valence-electron chi connectivity index (χ1n) is 9.67. The normalized spacial score (nSPS) is 11.0. The summed E-state index contributed by atoms with van der Waals surface area (Å²) in [6.45, 7) is 2.69. The second-order valence-electron chi connectivity index (χ2n) is 6.57. The zero-order chi connectivity index (χ0) is 21.9. The van der Waals surface area contributed by atoms with Crippen LogP contribution in [0.2, 0.25) is 10.0 Å². The van der Waals surface area contributed by atoms with Crippen molar-refractivity contribution in [3.63, 3.8) is 0 Å². The highest BCUT2D eigenvalue weighted by Gasteiger charge is 2.14. The average molecular weight is 447 g/mol. The molecule has 158 valence electrons. The molecular weight excluding hydrogens is 423 g/mol. The third kappa shape index (κ3) is 6.98. The molecule has 1 amide bonds. The summed E-state index contributed by atoms with van der Waals surface area (Å²) in [6, 6.07) is 11.8. The maximum atomic E-state index is 12.4. The molecule has 0 aliphatic heterocycles. The van der Waals surface area contributed by atoms with Gasteiger partial charge in [0.25, 0.3) is 5.91 Å². The summed E-state index contributed by atoms with van der Waals surface area (Å²) in [4.78, 5) is 12.4. The summed E-state index contributed by atoms with van der Waals surface area (Å²) < 4.78 is 11.2. The molecule has 0 aliphatic carbocycles. The Morgan fingerprint density at radius 2 is 1.90 bits per heavy atom. The standard InChI is InChI=1S/C23H24Cl2N2O3/c1-3-4-5-6-11-30-22-20(25)13-16(14-21(22)29-2)12-17(15-26)23(28)27-19-9-7-18(24)8-10-19/h7-10,12-14H,3-6,11H2,1-2H3,(H,27,28)/b17-12-. The largest absolute Gasteiger partial charge is 0.493 e. The van der Waals surface area contributed by atoms with Crippen LogP contribution in [0.5, 0.6) is 11.5 Å². The molecule has 0 unspecified atom stereocenters. The highest BCUT2D eigenvalue weighted by atomic mass is 35.5. The minimum Gasteiger partial charge on any atom is -0.493 e. The minimum atomic E-state index is -0.536. The van der Waals surface area contributed by atoms with Crippen LogP contribution in [0.1, 0.15) is 38.2 Å². The van der Waals surface area contributed by atoms with Gasteiger partial charge in [0.2, 0.25) is 0 Å². The lowest BCUT2D eigenvalue weighted by atomic mass is 10.1. The Morgan fingerprint density at radius 3 is 2.53 bits per heavy atom. The first-order valence-corrected chi connectivity index (χ1v) is 10.4. The van der Waals surface area contributed by atoms with Gasteiger partial charge in [0.15, 0.2) is 11.5 Å². The van der Waals surface area contributed by atoms with E-state index in [1.807, 2.05) is 6.07 Å². The quantitative estimate of drug-likeness (QED) is 0.256. The maximum Gasteiger partial charge on any atom is 0.266 e. The van der Waals surface area contributed by atoms with Gasteiger partial charge < -0.3 is 14.8 Å². The summed E-state index contributed by atoms with van der Waals surface area (Å²) in [5, 5.41) is 13.0. The van der Waals surface area contributed by atoms with Crippen LogP contribution >= 0.6 is 23.2 Å². The Hall–Kier alpha value is -2.68. The lowest BCUT2D eigenvalue weighted by Crippen LogP contribution is -2.13. The Kier molecular flexibility index (Phi) is 9.53. The molecular formula is C23H24Cl2N2O3. The lowest BCUT2D eigenvalue weighted by molar-refractivity contribution is -0.112. The molecule has 2 aromatic carbocycles. The fourth-order valence-electron chi connectivity index (χ4n) is 2.71. The van der Waals surface area contributed by atoms with Crippen LogP contribution in [0.3, 0.4) is 0 Å². The Morgan fingerprint density at radius 1 is 1.17 bits per heavy atom. The number of nitrogens with one attached hydrogen (secondary N) is 1. The molecule has 5 nitrogen and oxygen atoms in total. The van der Waals surface area contributed by atoms with Crippen molar-refractivity contribution in [2.24, 2.45) is 0 Å². The van der Waals surface area contributed by atoms with E-state index in [0.717, 1.165) is 25.7 Å². The number of ether oxygens (including phenoxy) is 2. The van der Waals surface area contributed by atoms with Gasteiger partial charge in [0.1, 0.15) is 11.6 Å². The number of nitrogens with zero attached hydrogens (tertiary/aromatic N) is 1. The van der Waals surface area contributed by atoms with Crippen molar-refractivity contribution < 1.29 is 14.3 Å². The van der Waals surface area contributed by atoms with E-state index in [1.165, 1.54) is 13.2 Å². The number of carbonyl (C=O) groups is 1. The smallest absolute Gasteiger partial charge is 0.266 e. The Labute approximate surface area is 187 Å². The average Bonchev–Trinajstić information content (AvgIpc) is 2.74. The van der Waals surface area contributed by atoms with Crippen molar-refractivity contribution in [1.29, 1.82) is 5.26 Å². The Balaban J connectivity index is 2.16. The molecule has 0 saturated carbocycles. The summed E-state index contributed by atoms with van der Waals surface area (Å²) in [5.41, 5.74) is 1.02. The molecule has 0 radical (unpaired) electrons. The van der Waals surface area contributed by atoms with E-state index in [9.17, 15) is 10.1 Å². The van der Waals surface area contributed by atoms with E-state index >= 15 is 0 Å². The van der Waals surface area contributed by atoms with Crippen molar-refractivity contribution in [3.8, 4) is 17.6 Å². The van der Waals surface area contributed by atoms with Crippen LogP contribution in [0, 0.1) is 11.3 Å². The molecule has 0 atom stereocenters. The topological polar surface area (TPSA) is 71.3 Å². The van der Waals surface area contributed by atoms with E-state index in [1.54, 1.807) is 36.4 Å². The fraction of sp³-hybridized carbons (Fsp3) is 0.304. The second kappa shape index (κ2) is 12.1. The van der Waals surface area contributed by atoms with Crippen LogP contribution in [-0.2, 0) is 4.79 Å². The maximum absolute atomic E-state index is 12.4. The summed E-state index contributed by atoms with van der Waals surface area (Å²) in [6.07, 6.45) is 5.78. The number of hydrogen-bond acceptors (Lipinski definition) is 4. The van der Waals surface area contributed by atoms with Gasteiger partial charge in [-0.15, -0.1) is 0 Å². The number of halogens is 2. The third-order valence-corrected chi connectivity index (χ3v) is 4.81. The van der Waals surface area contributed by atoms with Gasteiger partial charge in [0.05, 0.1) is 18.7 Å². The molecule has 0 aromatic heterocycles. The molecule has 30 heavy (non-hydrogen) atoms. The molecule has 2 rings (SSSR count). The number of methoxy groups -OCH3 is 1. The van der Waals surface area contributed by atoms with E-state index in [0.29, 0.717) is 39.4 Å². The highest BCUT2D eigenvalue weighted by Crippen LogP contribution is 2.37. The van der Waals surface area contributed by atoms with Crippen LogP contribution in [-0.4, -0.2) is 19.6 Å². The molecule has 0 bridgehead atoms. The van der Waals surface area contributed by atoms with Crippen LogP contribution in [0.25, 0.3) is 6.08 Å². The molecule has 7 heteroatoms. The number of benzene rings is 2. The van der Waals surface area contributed by atoms with Gasteiger partial charge in [-0.2, -0.15) is 5.26 Å². The second-order valence-corrected chi connectivity index (χ2v) is 7.42. The van der Waals surface area contributed by atoms with Crippen molar-refractivity contribution in [2.75, 3.05) is 19.0 Å². The number of hydrogen-bond donors (Lipinski definition) is 1. The number of anilines is 1. The molecule has 0 spiro atoms. The zero-order valence-electron chi connectivity index (χ0n) is 17.0. The van der Waals surface area contributed by atoms with Crippen molar-refractivity contribution in [1.82, 2.24) is 0 Å². The van der Waals surface area contributed by atoms with Gasteiger partial charge in [-0.05, 0) is 54.5 Å². The highest BCUT2D eigenvalue weighted by molar-refractivity contribution is 6.32.